The number of anilines is 5. The van der Waals surface area contributed by atoms with Crippen molar-refractivity contribution in [1.82, 2.24) is 34.6 Å². The number of hydrogen-bond donors (Lipinski definition) is 2. The summed E-state index contributed by atoms with van der Waals surface area (Å²) in [6.07, 6.45) is 11.5. The number of ether oxygens (including phenoxy) is 2. The Bertz CT molecular complexity index is 2090. The lowest BCUT2D eigenvalue weighted by Crippen LogP contribution is -2.53. The highest BCUT2D eigenvalue weighted by atomic mass is 79.9. The van der Waals surface area contributed by atoms with E-state index in [9.17, 15) is 4.57 Å². The molecular weight excluding hydrogens is 731 g/mol. The normalized spacial score (nSPS) is 19.0. The highest BCUT2D eigenvalue weighted by Gasteiger charge is 2.32. The van der Waals surface area contributed by atoms with Crippen molar-refractivity contribution in [2.75, 3.05) is 62.2 Å². The second-order valence-corrected chi connectivity index (χ2v) is 17.8. The third-order valence-electron chi connectivity index (χ3n) is 9.50. The van der Waals surface area contributed by atoms with E-state index in [4.69, 9.17) is 14.5 Å². The van der Waals surface area contributed by atoms with Crippen LogP contribution in [0.4, 0.5) is 28.8 Å². The molecule has 2 atom stereocenters. The van der Waals surface area contributed by atoms with Crippen molar-refractivity contribution in [2.45, 2.75) is 44.9 Å². The van der Waals surface area contributed by atoms with E-state index in [-0.39, 0.29) is 12.2 Å². The molecule has 13 nitrogen and oxygen atoms in total. The minimum atomic E-state index is -2.77. The zero-order valence-electron chi connectivity index (χ0n) is 29.8. The summed E-state index contributed by atoms with van der Waals surface area (Å²) in [5.74, 6) is 1.53. The number of nitrogens with one attached hydrogen (secondary N) is 2. The summed E-state index contributed by atoms with van der Waals surface area (Å²) < 4.78 is 27.9. The van der Waals surface area contributed by atoms with Gasteiger partial charge in [0.2, 0.25) is 5.95 Å². The van der Waals surface area contributed by atoms with Gasteiger partial charge in [-0.3, -0.25) is 19.5 Å². The summed E-state index contributed by atoms with van der Waals surface area (Å²) in [4.78, 5) is 23.4. The largest absolute Gasteiger partial charge is 0.494 e. The number of piperidine rings is 1. The van der Waals surface area contributed by atoms with Gasteiger partial charge >= 0.3 is 0 Å². The van der Waals surface area contributed by atoms with Gasteiger partial charge in [-0.1, -0.05) is 0 Å². The second kappa shape index (κ2) is 14.5. The first-order valence-electron chi connectivity index (χ1n) is 17.2. The maximum absolute atomic E-state index is 13.5. The van der Waals surface area contributed by atoms with Gasteiger partial charge in [0.05, 0.1) is 52.2 Å². The van der Waals surface area contributed by atoms with Crippen LogP contribution < -0.4 is 25.6 Å². The van der Waals surface area contributed by atoms with E-state index in [2.05, 4.69) is 82.4 Å². The lowest BCUT2D eigenvalue weighted by Gasteiger charge is -2.44. The molecule has 268 valence electrons. The molecule has 7 rings (SSSR count). The lowest BCUT2D eigenvalue weighted by atomic mass is 9.98. The minimum Gasteiger partial charge on any atom is -0.494 e. The Balaban J connectivity index is 1.18. The molecule has 0 amide bonds. The van der Waals surface area contributed by atoms with Crippen molar-refractivity contribution >= 4 is 68.2 Å². The summed E-state index contributed by atoms with van der Waals surface area (Å²) >= 11 is 3.60. The molecule has 3 aromatic heterocycles. The number of rotatable bonds is 9. The van der Waals surface area contributed by atoms with Crippen LogP contribution >= 0.6 is 23.1 Å². The van der Waals surface area contributed by atoms with Gasteiger partial charge in [0.1, 0.15) is 24.2 Å². The predicted octanol–water partition coefficient (Wildman–Crippen LogP) is 6.40. The molecule has 2 aromatic carbocycles. The number of fused-ring (bicyclic) bond motifs is 1. The summed E-state index contributed by atoms with van der Waals surface area (Å²) in [5.41, 5.74) is 5.78. The minimum absolute atomic E-state index is 0.257. The van der Waals surface area contributed by atoms with E-state index in [1.807, 2.05) is 36.3 Å². The highest BCUT2D eigenvalue weighted by Crippen LogP contribution is 2.43. The van der Waals surface area contributed by atoms with Crippen molar-refractivity contribution in [3.8, 4) is 16.9 Å². The van der Waals surface area contributed by atoms with E-state index in [1.54, 1.807) is 39.0 Å². The molecule has 2 N–H and O–H groups in total. The number of benzene rings is 2. The fourth-order valence-corrected chi connectivity index (χ4v) is 8.99. The van der Waals surface area contributed by atoms with Crippen LogP contribution in [-0.4, -0.2) is 99.5 Å². The molecule has 2 fully saturated rings. The van der Waals surface area contributed by atoms with Gasteiger partial charge in [0, 0.05) is 86.9 Å². The Labute approximate surface area is 306 Å². The van der Waals surface area contributed by atoms with E-state index in [1.165, 1.54) is 0 Å². The molecular formula is C36H44BrN10O3P. The summed E-state index contributed by atoms with van der Waals surface area (Å²) in [6.45, 7) is 11.6. The Morgan fingerprint density at radius 3 is 2.41 bits per heavy atom. The zero-order chi connectivity index (χ0) is 35.9. The van der Waals surface area contributed by atoms with Crippen LogP contribution in [0.1, 0.15) is 26.7 Å². The summed E-state index contributed by atoms with van der Waals surface area (Å²) in [6, 6.07) is 8.45. The van der Waals surface area contributed by atoms with Gasteiger partial charge < -0.3 is 29.6 Å². The van der Waals surface area contributed by atoms with Crippen LogP contribution in [0.3, 0.4) is 0 Å². The predicted molar refractivity (Wildman–Crippen MR) is 207 cm³/mol. The Morgan fingerprint density at radius 1 is 0.980 bits per heavy atom. The molecule has 0 saturated carbocycles. The number of halogens is 1. The van der Waals surface area contributed by atoms with E-state index in [0.717, 1.165) is 55.8 Å². The quantitative estimate of drug-likeness (QED) is 0.160. The topological polar surface area (TPSA) is 135 Å². The smallest absolute Gasteiger partial charge is 0.229 e. The number of morpholine rings is 1. The fourth-order valence-electron chi connectivity index (χ4n) is 7.31. The van der Waals surface area contributed by atoms with Crippen molar-refractivity contribution in [1.29, 1.82) is 0 Å². The molecule has 2 aliphatic rings. The monoisotopic (exact) mass is 774 g/mol. The van der Waals surface area contributed by atoms with Crippen molar-refractivity contribution in [3.05, 3.63) is 59.7 Å². The highest BCUT2D eigenvalue weighted by molar-refractivity contribution is 9.10. The fraction of sp³-hybridized carbons (Fsp3) is 0.417. The average Bonchev–Trinajstić information content (AvgIpc) is 3.54. The zero-order valence-corrected chi connectivity index (χ0v) is 32.3. The van der Waals surface area contributed by atoms with Gasteiger partial charge in [0.25, 0.3) is 0 Å². The van der Waals surface area contributed by atoms with Gasteiger partial charge in [-0.25, -0.2) is 4.98 Å². The van der Waals surface area contributed by atoms with Gasteiger partial charge in [-0.15, -0.1) is 0 Å². The van der Waals surface area contributed by atoms with Crippen LogP contribution in [0, 0.1) is 0 Å². The molecule has 2 aliphatic heterocycles. The standard InChI is InChI=1S/C36H44BrN10O3P/c1-22-19-47(20-23(2)50-22)25-9-13-46(14-10-25)31-16-32(49-4)30(15-26(31)24-17-41-45(3)21-24)43-36-40-18-27(37)35(44-36)42-29-8-7-28-33(39-12-11-38-28)34(29)51(5,6)48/h7-8,11-12,15-18,21-23,25H,9-10,13-14,19-20H2,1-6H3,(H2,40,42,43,44). The first-order valence-corrected chi connectivity index (χ1v) is 20.6. The number of hydrogen-bond acceptors (Lipinski definition) is 12. The van der Waals surface area contributed by atoms with Crippen molar-refractivity contribution in [2.24, 2.45) is 7.05 Å². The number of aryl methyl sites for hydroxylation is 1. The lowest BCUT2D eigenvalue weighted by molar-refractivity contribution is -0.0826. The second-order valence-electron chi connectivity index (χ2n) is 13.8. The van der Waals surface area contributed by atoms with Crippen molar-refractivity contribution in [3.63, 3.8) is 0 Å². The van der Waals surface area contributed by atoms with E-state index in [0.29, 0.717) is 55.7 Å². The molecule has 2 unspecified atom stereocenters. The molecule has 5 heterocycles. The maximum atomic E-state index is 13.5. The summed E-state index contributed by atoms with van der Waals surface area (Å²) in [7, 11) is 0.830. The SMILES string of the molecule is COc1cc(N2CCC(N3CC(C)OC(C)C3)CC2)c(-c2cnn(C)c2)cc1Nc1ncc(Br)c(Nc2ccc3nccnc3c2P(C)(C)=O)n1. The van der Waals surface area contributed by atoms with E-state index < -0.39 is 7.14 Å². The molecule has 0 aliphatic carbocycles. The van der Waals surface area contributed by atoms with Crippen LogP contribution in [-0.2, 0) is 16.3 Å². The molecule has 15 heteroatoms. The number of aromatic nitrogens is 6. The van der Waals surface area contributed by atoms with Gasteiger partial charge in [-0.2, -0.15) is 10.1 Å². The van der Waals surface area contributed by atoms with Crippen LogP contribution in [0.25, 0.3) is 22.2 Å². The summed E-state index contributed by atoms with van der Waals surface area (Å²) in [5, 5.41) is 11.9. The third-order valence-corrected chi connectivity index (χ3v) is 11.6. The molecule has 0 radical (unpaired) electrons. The average molecular weight is 776 g/mol. The first-order chi connectivity index (χ1) is 24.5. The molecule has 2 saturated heterocycles. The molecule has 0 spiro atoms. The number of nitrogens with zero attached hydrogens (tertiary/aromatic N) is 8. The molecule has 0 bridgehead atoms. The van der Waals surface area contributed by atoms with Gasteiger partial charge in [-0.05, 0) is 74.1 Å². The van der Waals surface area contributed by atoms with Crippen molar-refractivity contribution < 1.29 is 14.0 Å². The van der Waals surface area contributed by atoms with Gasteiger partial charge in [0.15, 0.2) is 0 Å². The third kappa shape index (κ3) is 7.60. The molecule has 5 aromatic rings. The van der Waals surface area contributed by atoms with Crippen LogP contribution in [0.15, 0.2) is 59.7 Å². The Morgan fingerprint density at radius 2 is 1.73 bits per heavy atom. The molecule has 51 heavy (non-hydrogen) atoms. The van der Waals surface area contributed by atoms with Crippen LogP contribution in [0.5, 0.6) is 5.75 Å². The Hall–Kier alpha value is -4.10. The van der Waals surface area contributed by atoms with E-state index >= 15 is 0 Å². The first kappa shape index (κ1) is 35.3. The van der Waals surface area contributed by atoms with Crippen LogP contribution in [0.2, 0.25) is 0 Å². The maximum Gasteiger partial charge on any atom is 0.229 e. The Kier molecular flexibility index (Phi) is 10.0. The number of methoxy groups -OCH3 is 1.